The minimum Gasteiger partial charge on any atom is -0.361 e. The Morgan fingerprint density at radius 2 is 2.05 bits per heavy atom. The standard InChI is InChI=1S/C19H26N2S/c1-17(12-22-4)10-18(2)14-6-5-7-15-16(14)13(9-20-15)8-19(18,3)21-11-17/h5-7,9,20-21H,8,10-12H2,1-4H3. The van der Waals surface area contributed by atoms with Gasteiger partial charge in [-0.05, 0) is 54.4 Å². The Kier molecular flexibility index (Phi) is 3.03. The van der Waals surface area contributed by atoms with E-state index in [1.54, 1.807) is 0 Å². The van der Waals surface area contributed by atoms with Gasteiger partial charge in [0.2, 0.25) is 0 Å². The minimum absolute atomic E-state index is 0.147. The molecule has 0 spiro atoms. The van der Waals surface area contributed by atoms with Gasteiger partial charge in [-0.3, -0.25) is 0 Å². The number of benzene rings is 1. The van der Waals surface area contributed by atoms with Crippen molar-refractivity contribution in [3.63, 3.8) is 0 Å². The van der Waals surface area contributed by atoms with Gasteiger partial charge in [-0.1, -0.05) is 26.0 Å². The van der Waals surface area contributed by atoms with E-state index in [4.69, 9.17) is 0 Å². The van der Waals surface area contributed by atoms with Gasteiger partial charge in [-0.25, -0.2) is 0 Å². The molecular weight excluding hydrogens is 288 g/mol. The molecule has 0 saturated carbocycles. The molecule has 3 atom stereocenters. The van der Waals surface area contributed by atoms with Crippen molar-refractivity contribution in [1.82, 2.24) is 10.3 Å². The molecule has 22 heavy (non-hydrogen) atoms. The lowest BCUT2D eigenvalue weighted by Crippen LogP contribution is -2.67. The number of rotatable bonds is 2. The first-order valence-corrected chi connectivity index (χ1v) is 9.64. The van der Waals surface area contributed by atoms with Crippen LogP contribution in [0, 0.1) is 5.41 Å². The summed E-state index contributed by atoms with van der Waals surface area (Å²) in [7, 11) is 0. The zero-order chi connectivity index (χ0) is 15.6. The molecule has 0 radical (unpaired) electrons. The Hall–Kier alpha value is -0.930. The van der Waals surface area contributed by atoms with Gasteiger partial charge in [0.1, 0.15) is 0 Å². The molecule has 1 aromatic carbocycles. The number of aromatic nitrogens is 1. The van der Waals surface area contributed by atoms with Crippen LogP contribution in [0.5, 0.6) is 0 Å². The summed E-state index contributed by atoms with van der Waals surface area (Å²) in [5.74, 6) is 1.22. The second kappa shape index (κ2) is 4.55. The van der Waals surface area contributed by atoms with Crippen LogP contribution in [-0.4, -0.2) is 29.1 Å². The summed E-state index contributed by atoms with van der Waals surface area (Å²) >= 11 is 1.98. The first-order valence-electron chi connectivity index (χ1n) is 8.24. The van der Waals surface area contributed by atoms with E-state index < -0.39 is 0 Å². The summed E-state index contributed by atoms with van der Waals surface area (Å²) in [6.45, 7) is 8.49. The number of thioether (sulfide) groups is 1. The molecule has 0 bridgehead atoms. The topological polar surface area (TPSA) is 27.8 Å². The average Bonchev–Trinajstić information content (AvgIpc) is 2.87. The zero-order valence-electron chi connectivity index (χ0n) is 14.0. The minimum atomic E-state index is 0.147. The fraction of sp³-hybridized carbons (Fsp3) is 0.579. The van der Waals surface area contributed by atoms with Gasteiger partial charge in [0, 0.05) is 34.6 Å². The van der Waals surface area contributed by atoms with Crippen LogP contribution >= 0.6 is 11.8 Å². The van der Waals surface area contributed by atoms with E-state index in [9.17, 15) is 0 Å². The second-order valence-corrected chi connectivity index (χ2v) is 9.02. The number of fused-ring (bicyclic) bond motifs is 2. The highest BCUT2D eigenvalue weighted by molar-refractivity contribution is 7.98. The van der Waals surface area contributed by atoms with Crippen LogP contribution in [0.15, 0.2) is 24.4 Å². The van der Waals surface area contributed by atoms with E-state index in [1.807, 2.05) is 11.8 Å². The van der Waals surface area contributed by atoms with E-state index in [0.717, 1.165) is 13.0 Å². The Balaban J connectivity index is 1.91. The van der Waals surface area contributed by atoms with Crippen molar-refractivity contribution in [2.24, 2.45) is 5.41 Å². The summed E-state index contributed by atoms with van der Waals surface area (Å²) in [4.78, 5) is 3.48. The number of hydrogen-bond acceptors (Lipinski definition) is 2. The lowest BCUT2D eigenvalue weighted by atomic mass is 9.53. The highest BCUT2D eigenvalue weighted by atomic mass is 32.2. The molecule has 1 fully saturated rings. The third-order valence-electron chi connectivity index (χ3n) is 6.32. The van der Waals surface area contributed by atoms with Crippen molar-refractivity contribution < 1.29 is 0 Å². The van der Waals surface area contributed by atoms with Crippen LogP contribution < -0.4 is 5.32 Å². The van der Waals surface area contributed by atoms with Crippen molar-refractivity contribution in [2.75, 3.05) is 18.6 Å². The molecule has 3 unspecified atom stereocenters. The Morgan fingerprint density at radius 3 is 2.82 bits per heavy atom. The molecule has 1 aliphatic carbocycles. The second-order valence-electron chi connectivity index (χ2n) is 8.16. The van der Waals surface area contributed by atoms with Crippen molar-refractivity contribution in [3.8, 4) is 0 Å². The molecule has 2 aliphatic rings. The van der Waals surface area contributed by atoms with Crippen molar-refractivity contribution >= 4 is 22.7 Å². The summed E-state index contributed by atoms with van der Waals surface area (Å²) in [6, 6.07) is 6.80. The van der Waals surface area contributed by atoms with E-state index in [-0.39, 0.29) is 11.0 Å². The number of nitrogens with one attached hydrogen (secondary N) is 2. The van der Waals surface area contributed by atoms with E-state index in [1.165, 1.54) is 34.2 Å². The predicted octanol–water partition coefficient (Wildman–Crippen LogP) is 4.10. The Bertz CT molecular complexity index is 736. The lowest BCUT2D eigenvalue weighted by molar-refractivity contribution is 0.0656. The van der Waals surface area contributed by atoms with Gasteiger partial charge in [-0.2, -0.15) is 11.8 Å². The smallest absolute Gasteiger partial charge is 0.0459 e. The fourth-order valence-corrected chi connectivity index (χ4v) is 5.95. The van der Waals surface area contributed by atoms with Crippen LogP contribution in [0.1, 0.15) is 38.3 Å². The summed E-state index contributed by atoms with van der Waals surface area (Å²) in [5.41, 5.74) is 5.01. The molecule has 2 heterocycles. The van der Waals surface area contributed by atoms with Crippen LogP contribution in [0.4, 0.5) is 0 Å². The van der Waals surface area contributed by atoms with Gasteiger partial charge in [0.25, 0.3) is 0 Å². The molecule has 4 rings (SSSR count). The Labute approximate surface area is 137 Å². The molecule has 2 aromatic rings. The monoisotopic (exact) mass is 314 g/mol. The quantitative estimate of drug-likeness (QED) is 0.873. The molecule has 3 heteroatoms. The van der Waals surface area contributed by atoms with Crippen LogP contribution in [-0.2, 0) is 11.8 Å². The van der Waals surface area contributed by atoms with Gasteiger partial charge in [-0.15, -0.1) is 0 Å². The van der Waals surface area contributed by atoms with Crippen molar-refractivity contribution in [3.05, 3.63) is 35.5 Å². The molecule has 2 N–H and O–H groups in total. The average molecular weight is 314 g/mol. The lowest BCUT2D eigenvalue weighted by Gasteiger charge is -2.58. The molecule has 1 aromatic heterocycles. The van der Waals surface area contributed by atoms with Crippen molar-refractivity contribution in [2.45, 2.75) is 44.6 Å². The number of hydrogen-bond donors (Lipinski definition) is 2. The maximum Gasteiger partial charge on any atom is 0.0459 e. The van der Waals surface area contributed by atoms with E-state index in [0.29, 0.717) is 5.41 Å². The Morgan fingerprint density at radius 1 is 1.23 bits per heavy atom. The molecule has 118 valence electrons. The summed E-state index contributed by atoms with van der Waals surface area (Å²) in [5, 5.41) is 5.44. The first kappa shape index (κ1) is 14.6. The van der Waals surface area contributed by atoms with Crippen LogP contribution in [0.2, 0.25) is 0 Å². The maximum atomic E-state index is 3.96. The van der Waals surface area contributed by atoms with E-state index in [2.05, 4.69) is 61.7 Å². The predicted molar refractivity (Wildman–Crippen MR) is 96.9 cm³/mol. The number of piperidine rings is 1. The first-order chi connectivity index (χ1) is 10.4. The third kappa shape index (κ3) is 1.78. The van der Waals surface area contributed by atoms with Crippen molar-refractivity contribution in [1.29, 1.82) is 0 Å². The van der Waals surface area contributed by atoms with Gasteiger partial charge < -0.3 is 10.3 Å². The maximum absolute atomic E-state index is 3.96. The SMILES string of the molecule is CSCC1(C)CNC2(C)Cc3c[nH]c4cccc(c34)C2(C)C1. The largest absolute Gasteiger partial charge is 0.361 e. The van der Waals surface area contributed by atoms with Gasteiger partial charge >= 0.3 is 0 Å². The third-order valence-corrected chi connectivity index (χ3v) is 7.31. The molecule has 1 saturated heterocycles. The normalized spacial score (nSPS) is 37.3. The van der Waals surface area contributed by atoms with Gasteiger partial charge in [0.05, 0.1) is 0 Å². The summed E-state index contributed by atoms with van der Waals surface area (Å²) in [6.07, 6.45) is 6.83. The molecule has 2 nitrogen and oxygen atoms in total. The zero-order valence-corrected chi connectivity index (χ0v) is 14.9. The molecule has 1 aliphatic heterocycles. The molecule has 0 amide bonds. The van der Waals surface area contributed by atoms with Crippen LogP contribution in [0.3, 0.4) is 0 Å². The van der Waals surface area contributed by atoms with Crippen LogP contribution in [0.25, 0.3) is 10.9 Å². The van der Waals surface area contributed by atoms with E-state index >= 15 is 0 Å². The van der Waals surface area contributed by atoms with Gasteiger partial charge in [0.15, 0.2) is 0 Å². The number of aromatic amines is 1. The molecular formula is C19H26N2S. The highest BCUT2D eigenvalue weighted by Crippen LogP contribution is 2.54. The fourth-order valence-electron chi connectivity index (χ4n) is 5.05. The summed E-state index contributed by atoms with van der Waals surface area (Å²) < 4.78 is 0. The highest BCUT2D eigenvalue weighted by Gasteiger charge is 2.55. The number of H-pyrrole nitrogens is 1.